The van der Waals surface area contributed by atoms with Gasteiger partial charge in [-0.1, -0.05) is 6.07 Å². The number of nitrogens with two attached hydrogens (primary N) is 1. The lowest BCUT2D eigenvalue weighted by Crippen LogP contribution is -2.41. The van der Waals surface area contributed by atoms with E-state index in [0.29, 0.717) is 5.69 Å². The zero-order valence-electron chi connectivity index (χ0n) is 7.32. The summed E-state index contributed by atoms with van der Waals surface area (Å²) >= 11 is 0. The molecule has 5 nitrogen and oxygen atoms in total. The van der Waals surface area contributed by atoms with Gasteiger partial charge < -0.3 is 5.73 Å². The van der Waals surface area contributed by atoms with Crippen LogP contribution in [0, 0.1) is 0 Å². The Labute approximate surface area is 76.3 Å². The summed E-state index contributed by atoms with van der Waals surface area (Å²) in [4.78, 5) is 15.2. The minimum absolute atomic E-state index is 0.304. The lowest BCUT2D eigenvalue weighted by Gasteiger charge is -2.09. The molecule has 0 fully saturated rings. The molecule has 0 spiro atoms. The topological polar surface area (TPSA) is 80.0 Å². The fourth-order valence-corrected chi connectivity index (χ4v) is 0.895. The number of hydrogen-bond acceptors (Lipinski definition) is 4. The summed E-state index contributed by atoms with van der Waals surface area (Å²) in [5.74, 6) is -0.304. The van der Waals surface area contributed by atoms with Crippen molar-refractivity contribution in [1.29, 1.82) is 0 Å². The normalized spacial score (nSPS) is 12.2. The number of nitrogens with one attached hydrogen (secondary N) is 2. The molecule has 70 valence electrons. The van der Waals surface area contributed by atoms with Crippen LogP contribution in [0.1, 0.15) is 11.7 Å². The summed E-state index contributed by atoms with van der Waals surface area (Å²) < 4.78 is 0. The van der Waals surface area contributed by atoms with Gasteiger partial charge in [-0.25, -0.2) is 5.43 Å². The number of amides is 1. The summed E-state index contributed by atoms with van der Waals surface area (Å²) in [6, 6.07) is 4.54. The van der Waals surface area contributed by atoms with Gasteiger partial charge in [-0.2, -0.15) is 0 Å². The molecule has 13 heavy (non-hydrogen) atoms. The molecule has 1 aromatic rings. The van der Waals surface area contributed by atoms with Gasteiger partial charge in [0.25, 0.3) is 5.91 Å². The number of nitrogens with zero attached hydrogens (tertiary/aromatic N) is 1. The van der Waals surface area contributed by atoms with Crippen molar-refractivity contribution in [2.24, 2.45) is 5.73 Å². The summed E-state index contributed by atoms with van der Waals surface area (Å²) in [5, 5.41) is 0. The van der Waals surface area contributed by atoms with E-state index in [1.165, 1.54) is 0 Å². The smallest absolute Gasteiger partial charge is 0.257 e. The van der Waals surface area contributed by atoms with Gasteiger partial charge in [-0.15, -0.1) is 0 Å². The maximum atomic E-state index is 11.2. The second-order valence-electron chi connectivity index (χ2n) is 2.47. The van der Waals surface area contributed by atoms with E-state index in [1.54, 1.807) is 31.4 Å². The van der Waals surface area contributed by atoms with Crippen LogP contribution in [0.5, 0.6) is 0 Å². The standard InChI is InChI=1S/C8H12N4O/c1-10-12-8(13)7(9)6-4-2-3-5-11-6/h2-5,7,10H,9H2,1H3,(H,12,13). The van der Waals surface area contributed by atoms with Crippen molar-refractivity contribution in [3.05, 3.63) is 30.1 Å². The van der Waals surface area contributed by atoms with Crippen LogP contribution in [0.2, 0.25) is 0 Å². The van der Waals surface area contributed by atoms with Gasteiger partial charge in [0.1, 0.15) is 6.04 Å². The Morgan fingerprint density at radius 3 is 2.92 bits per heavy atom. The van der Waals surface area contributed by atoms with Crippen molar-refractivity contribution in [2.75, 3.05) is 7.05 Å². The number of rotatable bonds is 3. The lowest BCUT2D eigenvalue weighted by atomic mass is 10.2. The Morgan fingerprint density at radius 1 is 1.62 bits per heavy atom. The fraction of sp³-hybridized carbons (Fsp3) is 0.250. The van der Waals surface area contributed by atoms with Gasteiger partial charge >= 0.3 is 0 Å². The summed E-state index contributed by atoms with van der Waals surface area (Å²) in [6.45, 7) is 0. The van der Waals surface area contributed by atoms with Gasteiger partial charge in [0, 0.05) is 13.2 Å². The van der Waals surface area contributed by atoms with Crippen LogP contribution in [0.25, 0.3) is 0 Å². The Bertz CT molecular complexity index is 275. The molecule has 0 bridgehead atoms. The van der Waals surface area contributed by atoms with Gasteiger partial charge in [-0.05, 0) is 12.1 Å². The second kappa shape index (κ2) is 4.54. The van der Waals surface area contributed by atoms with Crippen LogP contribution in [-0.2, 0) is 4.79 Å². The van der Waals surface area contributed by atoms with Gasteiger partial charge in [-0.3, -0.25) is 15.2 Å². The predicted octanol–water partition coefficient (Wildman–Crippen LogP) is -0.668. The van der Waals surface area contributed by atoms with E-state index in [4.69, 9.17) is 5.73 Å². The third-order valence-electron chi connectivity index (χ3n) is 1.54. The number of carbonyl (C=O) groups excluding carboxylic acids is 1. The number of hydrazine groups is 1. The van der Waals surface area contributed by atoms with Crippen LogP contribution in [0.3, 0.4) is 0 Å². The maximum absolute atomic E-state index is 11.2. The molecule has 1 aromatic heterocycles. The number of pyridine rings is 1. The molecule has 4 N–H and O–H groups in total. The van der Waals surface area contributed by atoms with Crippen molar-refractivity contribution in [1.82, 2.24) is 15.8 Å². The molecule has 1 amide bonds. The third-order valence-corrected chi connectivity index (χ3v) is 1.54. The average molecular weight is 180 g/mol. The van der Waals surface area contributed by atoms with Crippen molar-refractivity contribution in [3.8, 4) is 0 Å². The van der Waals surface area contributed by atoms with Gasteiger partial charge in [0.15, 0.2) is 0 Å². The average Bonchev–Trinajstić information content (AvgIpc) is 2.18. The van der Waals surface area contributed by atoms with Gasteiger partial charge in [0.05, 0.1) is 5.69 Å². The van der Waals surface area contributed by atoms with E-state index in [9.17, 15) is 4.79 Å². The first-order chi connectivity index (χ1) is 6.25. The number of aromatic nitrogens is 1. The minimum atomic E-state index is -0.728. The highest BCUT2D eigenvalue weighted by Gasteiger charge is 2.15. The highest BCUT2D eigenvalue weighted by molar-refractivity contribution is 5.81. The maximum Gasteiger partial charge on any atom is 0.257 e. The lowest BCUT2D eigenvalue weighted by molar-refractivity contribution is -0.123. The van der Waals surface area contributed by atoms with Crippen LogP contribution >= 0.6 is 0 Å². The summed E-state index contributed by atoms with van der Waals surface area (Å²) in [6.07, 6.45) is 1.60. The van der Waals surface area contributed by atoms with E-state index >= 15 is 0 Å². The first-order valence-electron chi connectivity index (χ1n) is 3.89. The predicted molar refractivity (Wildman–Crippen MR) is 48.4 cm³/mol. The van der Waals surface area contributed by atoms with E-state index in [2.05, 4.69) is 15.8 Å². The quantitative estimate of drug-likeness (QED) is 0.539. The number of hydrogen-bond donors (Lipinski definition) is 3. The Hall–Kier alpha value is -1.46. The molecular formula is C8H12N4O. The Kier molecular flexibility index (Phi) is 3.36. The zero-order chi connectivity index (χ0) is 9.68. The van der Waals surface area contributed by atoms with Crippen molar-refractivity contribution in [3.63, 3.8) is 0 Å². The van der Waals surface area contributed by atoms with Crippen LogP contribution in [-0.4, -0.2) is 17.9 Å². The highest BCUT2D eigenvalue weighted by Crippen LogP contribution is 2.04. The number of carbonyl (C=O) groups is 1. The van der Waals surface area contributed by atoms with Crippen molar-refractivity contribution < 1.29 is 4.79 Å². The molecule has 0 radical (unpaired) electrons. The van der Waals surface area contributed by atoms with Crippen LogP contribution in [0.4, 0.5) is 0 Å². The monoisotopic (exact) mass is 180 g/mol. The largest absolute Gasteiger partial charge is 0.315 e. The minimum Gasteiger partial charge on any atom is -0.315 e. The first kappa shape index (κ1) is 9.63. The van der Waals surface area contributed by atoms with E-state index in [1.807, 2.05) is 0 Å². The van der Waals surface area contributed by atoms with E-state index in [-0.39, 0.29) is 5.91 Å². The zero-order valence-corrected chi connectivity index (χ0v) is 7.32. The molecule has 1 rings (SSSR count). The molecule has 0 aliphatic carbocycles. The fourth-order valence-electron chi connectivity index (χ4n) is 0.895. The van der Waals surface area contributed by atoms with E-state index in [0.717, 1.165) is 0 Å². The Morgan fingerprint density at radius 2 is 2.38 bits per heavy atom. The van der Waals surface area contributed by atoms with Crippen molar-refractivity contribution >= 4 is 5.91 Å². The molecule has 1 heterocycles. The van der Waals surface area contributed by atoms with Crippen LogP contribution in [0.15, 0.2) is 24.4 Å². The molecule has 5 heteroatoms. The molecule has 0 saturated heterocycles. The molecule has 1 unspecified atom stereocenters. The second-order valence-corrected chi connectivity index (χ2v) is 2.47. The summed E-state index contributed by atoms with van der Waals surface area (Å²) in [7, 11) is 1.60. The SMILES string of the molecule is CNNC(=O)C(N)c1ccccn1. The highest BCUT2D eigenvalue weighted by atomic mass is 16.2. The molecule has 0 aliphatic rings. The first-order valence-corrected chi connectivity index (χ1v) is 3.89. The van der Waals surface area contributed by atoms with Gasteiger partial charge in [0.2, 0.25) is 0 Å². The molecular weight excluding hydrogens is 168 g/mol. The summed E-state index contributed by atoms with van der Waals surface area (Å²) in [5.41, 5.74) is 11.1. The molecule has 0 saturated carbocycles. The van der Waals surface area contributed by atoms with E-state index < -0.39 is 6.04 Å². The molecule has 1 atom stereocenters. The van der Waals surface area contributed by atoms with Crippen LogP contribution < -0.4 is 16.6 Å². The molecule has 0 aliphatic heterocycles. The molecule has 0 aromatic carbocycles. The van der Waals surface area contributed by atoms with Crippen molar-refractivity contribution in [2.45, 2.75) is 6.04 Å². The third kappa shape index (κ3) is 2.50. The Balaban J connectivity index is 2.68.